The summed E-state index contributed by atoms with van der Waals surface area (Å²) in [5.41, 5.74) is -0.387. The highest BCUT2D eigenvalue weighted by Crippen LogP contribution is 2.23. The predicted octanol–water partition coefficient (Wildman–Crippen LogP) is 3.31. The first kappa shape index (κ1) is 16.5. The second-order valence-corrected chi connectivity index (χ2v) is 6.36. The Balaban J connectivity index is 2.60. The van der Waals surface area contributed by atoms with Crippen LogP contribution in [0.15, 0.2) is 0 Å². The Kier molecular flexibility index (Phi) is 6.82. The fraction of sp³-hybridized carbons (Fsp3) is 0.938. The minimum atomic E-state index is -0.387. The number of nitriles is 1. The molecule has 3 atom stereocenters. The van der Waals surface area contributed by atoms with Crippen LogP contribution in [0.2, 0.25) is 0 Å². The van der Waals surface area contributed by atoms with E-state index in [0.717, 1.165) is 19.4 Å². The van der Waals surface area contributed by atoms with Gasteiger partial charge in [-0.15, -0.1) is 0 Å². The van der Waals surface area contributed by atoms with Gasteiger partial charge in [0.25, 0.3) is 0 Å². The first-order valence-electron chi connectivity index (χ1n) is 7.94. The molecule has 1 saturated heterocycles. The van der Waals surface area contributed by atoms with Crippen molar-refractivity contribution in [1.82, 2.24) is 10.2 Å². The third kappa shape index (κ3) is 5.12. The monoisotopic (exact) mass is 265 g/mol. The van der Waals surface area contributed by atoms with Crippen molar-refractivity contribution in [1.29, 1.82) is 5.26 Å². The molecule has 3 heteroatoms. The zero-order chi connectivity index (χ0) is 14.3. The van der Waals surface area contributed by atoms with Crippen molar-refractivity contribution in [3.8, 4) is 6.07 Å². The summed E-state index contributed by atoms with van der Waals surface area (Å²) in [5.74, 6) is 0. The van der Waals surface area contributed by atoms with Crippen LogP contribution < -0.4 is 5.32 Å². The van der Waals surface area contributed by atoms with Crippen LogP contribution >= 0.6 is 0 Å². The molecule has 1 aliphatic heterocycles. The van der Waals surface area contributed by atoms with Crippen LogP contribution in [-0.2, 0) is 0 Å². The molecule has 110 valence electrons. The molecule has 1 fully saturated rings. The summed E-state index contributed by atoms with van der Waals surface area (Å²) in [6, 6.07) is 3.61. The number of nitrogens with zero attached hydrogens (tertiary/aromatic N) is 2. The smallest absolute Gasteiger partial charge is 0.105 e. The van der Waals surface area contributed by atoms with Crippen molar-refractivity contribution in [3.63, 3.8) is 0 Å². The molecule has 0 saturated carbocycles. The van der Waals surface area contributed by atoms with Gasteiger partial charge in [0.15, 0.2) is 0 Å². The number of likely N-dealkylation sites (tertiary alicyclic amines) is 1. The van der Waals surface area contributed by atoms with E-state index in [-0.39, 0.29) is 5.54 Å². The molecule has 0 aromatic carbocycles. The van der Waals surface area contributed by atoms with Crippen LogP contribution in [0, 0.1) is 11.3 Å². The number of rotatable bonds is 6. The quantitative estimate of drug-likeness (QED) is 0.801. The van der Waals surface area contributed by atoms with Gasteiger partial charge in [0.05, 0.1) is 6.07 Å². The minimum absolute atomic E-state index is 0.387. The zero-order valence-corrected chi connectivity index (χ0v) is 13.2. The minimum Gasteiger partial charge on any atom is -0.300 e. The summed E-state index contributed by atoms with van der Waals surface area (Å²) in [6.45, 7) is 10.9. The topological polar surface area (TPSA) is 39.1 Å². The van der Waals surface area contributed by atoms with Crippen LogP contribution in [-0.4, -0.2) is 35.6 Å². The van der Waals surface area contributed by atoms with Crippen LogP contribution in [0.4, 0.5) is 0 Å². The summed E-state index contributed by atoms with van der Waals surface area (Å²) in [5, 5.41) is 12.9. The third-order valence-electron chi connectivity index (χ3n) is 4.39. The van der Waals surface area contributed by atoms with E-state index < -0.39 is 0 Å². The molecule has 1 N–H and O–H groups in total. The summed E-state index contributed by atoms with van der Waals surface area (Å²) in [4.78, 5) is 2.61. The first-order valence-corrected chi connectivity index (χ1v) is 7.94. The van der Waals surface area contributed by atoms with Gasteiger partial charge >= 0.3 is 0 Å². The van der Waals surface area contributed by atoms with Gasteiger partial charge < -0.3 is 0 Å². The molecule has 1 aliphatic rings. The van der Waals surface area contributed by atoms with Crippen molar-refractivity contribution >= 4 is 0 Å². The molecule has 0 bridgehead atoms. The summed E-state index contributed by atoms with van der Waals surface area (Å²) in [7, 11) is 0. The molecule has 3 unspecified atom stereocenters. The molecular weight excluding hydrogens is 234 g/mol. The largest absolute Gasteiger partial charge is 0.300 e. The van der Waals surface area contributed by atoms with E-state index in [1.165, 1.54) is 32.2 Å². The van der Waals surface area contributed by atoms with Crippen molar-refractivity contribution in [2.45, 2.75) is 83.8 Å². The van der Waals surface area contributed by atoms with Crippen LogP contribution in [0.3, 0.4) is 0 Å². The zero-order valence-electron chi connectivity index (χ0n) is 13.2. The fourth-order valence-corrected chi connectivity index (χ4v) is 3.22. The highest BCUT2D eigenvalue weighted by Gasteiger charge is 2.30. The Bertz CT molecular complexity index is 297. The van der Waals surface area contributed by atoms with Crippen molar-refractivity contribution in [2.24, 2.45) is 0 Å². The summed E-state index contributed by atoms with van der Waals surface area (Å²) in [6.07, 6.45) is 7.31. The van der Waals surface area contributed by atoms with Crippen LogP contribution in [0.5, 0.6) is 0 Å². The highest BCUT2D eigenvalue weighted by atomic mass is 15.2. The lowest BCUT2D eigenvalue weighted by molar-refractivity contribution is 0.133. The Morgan fingerprint density at radius 1 is 1.42 bits per heavy atom. The molecule has 0 amide bonds. The molecule has 0 aliphatic carbocycles. The van der Waals surface area contributed by atoms with E-state index in [2.05, 4.69) is 37.1 Å². The van der Waals surface area contributed by atoms with Gasteiger partial charge in [-0.05, 0) is 59.5 Å². The van der Waals surface area contributed by atoms with Gasteiger partial charge in [0, 0.05) is 12.1 Å². The molecule has 0 spiro atoms. The van der Waals surface area contributed by atoms with E-state index in [1.807, 2.05) is 6.92 Å². The Labute approximate surface area is 119 Å². The lowest BCUT2D eigenvalue weighted by Gasteiger charge is -2.37. The van der Waals surface area contributed by atoms with Crippen LogP contribution in [0.25, 0.3) is 0 Å². The van der Waals surface area contributed by atoms with Gasteiger partial charge in [-0.2, -0.15) is 5.26 Å². The Morgan fingerprint density at radius 3 is 2.79 bits per heavy atom. The van der Waals surface area contributed by atoms with Gasteiger partial charge in [0.1, 0.15) is 5.54 Å². The lowest BCUT2D eigenvalue weighted by atomic mass is 9.93. The second kappa shape index (κ2) is 7.87. The van der Waals surface area contributed by atoms with E-state index in [4.69, 9.17) is 0 Å². The van der Waals surface area contributed by atoms with Gasteiger partial charge in [-0.25, -0.2) is 0 Å². The maximum absolute atomic E-state index is 9.45. The number of hydrogen-bond donors (Lipinski definition) is 1. The fourth-order valence-electron chi connectivity index (χ4n) is 3.22. The van der Waals surface area contributed by atoms with E-state index in [9.17, 15) is 5.26 Å². The van der Waals surface area contributed by atoms with E-state index >= 15 is 0 Å². The molecule has 0 aromatic rings. The van der Waals surface area contributed by atoms with E-state index in [0.29, 0.717) is 12.1 Å². The Morgan fingerprint density at radius 2 is 2.16 bits per heavy atom. The SMILES string of the molecule is CCCNC(C)(C#N)CC(C)N1CCCCCC1C. The van der Waals surface area contributed by atoms with Crippen molar-refractivity contribution < 1.29 is 0 Å². The van der Waals surface area contributed by atoms with Gasteiger partial charge in [-0.1, -0.05) is 19.8 Å². The third-order valence-corrected chi connectivity index (χ3v) is 4.39. The van der Waals surface area contributed by atoms with E-state index in [1.54, 1.807) is 0 Å². The average molecular weight is 265 g/mol. The standard InChI is InChI=1S/C16H31N3/c1-5-10-18-16(4,13-17)12-15(3)19-11-8-6-7-9-14(19)2/h14-15,18H,5-12H2,1-4H3. The molecule has 3 nitrogen and oxygen atoms in total. The highest BCUT2D eigenvalue weighted by molar-refractivity contribution is 5.05. The van der Waals surface area contributed by atoms with Gasteiger partial charge in [-0.3, -0.25) is 10.2 Å². The predicted molar refractivity (Wildman–Crippen MR) is 81.0 cm³/mol. The second-order valence-electron chi connectivity index (χ2n) is 6.36. The average Bonchev–Trinajstić information content (AvgIpc) is 2.61. The molecule has 0 radical (unpaired) electrons. The molecular formula is C16H31N3. The Hall–Kier alpha value is -0.590. The normalized spacial score (nSPS) is 26.2. The molecule has 19 heavy (non-hydrogen) atoms. The van der Waals surface area contributed by atoms with Gasteiger partial charge in [0.2, 0.25) is 0 Å². The molecule has 1 heterocycles. The maximum atomic E-state index is 9.45. The maximum Gasteiger partial charge on any atom is 0.105 e. The lowest BCUT2D eigenvalue weighted by Crippen LogP contribution is -2.49. The molecule has 0 aromatic heterocycles. The van der Waals surface area contributed by atoms with Crippen LogP contribution in [0.1, 0.15) is 66.2 Å². The van der Waals surface area contributed by atoms with Crippen molar-refractivity contribution in [3.05, 3.63) is 0 Å². The molecule has 1 rings (SSSR count). The summed E-state index contributed by atoms with van der Waals surface area (Å²) >= 11 is 0. The number of hydrogen-bond acceptors (Lipinski definition) is 3. The number of nitrogens with one attached hydrogen (secondary N) is 1. The summed E-state index contributed by atoms with van der Waals surface area (Å²) < 4.78 is 0. The van der Waals surface area contributed by atoms with Crippen molar-refractivity contribution in [2.75, 3.05) is 13.1 Å². The first-order chi connectivity index (χ1) is 9.02.